The van der Waals surface area contributed by atoms with Crippen molar-refractivity contribution in [1.29, 1.82) is 0 Å². The van der Waals surface area contributed by atoms with Crippen molar-refractivity contribution in [3.8, 4) is 0 Å². The van der Waals surface area contributed by atoms with E-state index in [-0.39, 0.29) is 17.4 Å². The summed E-state index contributed by atoms with van der Waals surface area (Å²) in [4.78, 5) is 22.6. The van der Waals surface area contributed by atoms with E-state index in [1.165, 1.54) is 20.2 Å². The molecule has 0 saturated carbocycles. The first kappa shape index (κ1) is 17.1. The molecule has 2 N–H and O–H groups in total. The fourth-order valence-electron chi connectivity index (χ4n) is 1.26. The molecule has 1 amide bonds. The number of furan rings is 1. The number of carbonyl (C=O) groups is 2. The Morgan fingerprint density at radius 1 is 1.43 bits per heavy atom. The van der Waals surface area contributed by atoms with Gasteiger partial charge in [-0.2, -0.15) is 0 Å². The highest BCUT2D eigenvalue weighted by Crippen LogP contribution is 2.16. The van der Waals surface area contributed by atoms with Crippen molar-refractivity contribution in [2.75, 3.05) is 27.7 Å². The largest absolute Gasteiger partial charge is 0.467 e. The number of amides is 1. The average molecular weight is 320 g/mol. The summed E-state index contributed by atoms with van der Waals surface area (Å²) in [5.74, 6) is -1.92. The zero-order valence-electron chi connectivity index (χ0n) is 11.7. The van der Waals surface area contributed by atoms with Crippen molar-refractivity contribution in [2.24, 2.45) is 0 Å². The summed E-state index contributed by atoms with van der Waals surface area (Å²) in [7, 11) is -0.0321. The summed E-state index contributed by atoms with van der Waals surface area (Å²) in [6.07, 6.45) is -1.51. The van der Waals surface area contributed by atoms with Gasteiger partial charge in [0, 0.05) is 14.1 Å². The molecule has 0 spiro atoms. The second-order valence-corrected chi connectivity index (χ2v) is 6.24. The molecule has 0 radical (unpaired) electrons. The number of aliphatic hydroxyl groups excluding tert-OH is 1. The molecule has 1 atom stereocenters. The summed E-state index contributed by atoms with van der Waals surface area (Å²) >= 11 is 0. The fraction of sp³-hybridized carbons (Fsp3) is 0.455. The smallest absolute Gasteiger partial charge is 0.336 e. The molecule has 10 heteroatoms. The van der Waals surface area contributed by atoms with E-state index in [1.54, 1.807) is 0 Å². The minimum absolute atomic E-state index is 0.257. The van der Waals surface area contributed by atoms with Crippen molar-refractivity contribution in [1.82, 2.24) is 9.62 Å². The molecule has 1 aromatic heterocycles. The monoisotopic (exact) mass is 320 g/mol. The van der Waals surface area contributed by atoms with Gasteiger partial charge in [0.15, 0.2) is 11.9 Å². The molecule has 0 fully saturated rings. The maximum absolute atomic E-state index is 11.8. The Bertz CT molecular complexity index is 620. The first-order valence-electron chi connectivity index (χ1n) is 5.76. The van der Waals surface area contributed by atoms with E-state index < -0.39 is 28.0 Å². The molecule has 1 aromatic rings. The van der Waals surface area contributed by atoms with E-state index in [2.05, 4.69) is 10.1 Å². The number of hydrogen-bond donors (Lipinski definition) is 2. The number of ether oxygens (including phenoxy) is 1. The third-order valence-electron chi connectivity index (χ3n) is 2.47. The first-order chi connectivity index (χ1) is 9.70. The molecule has 9 nitrogen and oxygen atoms in total. The van der Waals surface area contributed by atoms with Crippen LogP contribution in [-0.2, 0) is 19.6 Å². The van der Waals surface area contributed by atoms with Gasteiger partial charge in [-0.15, -0.1) is 0 Å². The molecular formula is C11H16N2O7S. The van der Waals surface area contributed by atoms with Crippen LogP contribution in [0.4, 0.5) is 0 Å². The summed E-state index contributed by atoms with van der Waals surface area (Å²) in [6.45, 7) is -0.387. The lowest BCUT2D eigenvalue weighted by Crippen LogP contribution is -2.37. The molecule has 0 aliphatic heterocycles. The lowest BCUT2D eigenvalue weighted by molar-refractivity contribution is -0.149. The van der Waals surface area contributed by atoms with Crippen LogP contribution in [0.1, 0.15) is 10.6 Å². The molecule has 1 heterocycles. The fourth-order valence-corrected chi connectivity index (χ4v) is 2.05. The van der Waals surface area contributed by atoms with Gasteiger partial charge in [-0.05, 0) is 12.1 Å². The van der Waals surface area contributed by atoms with Gasteiger partial charge in [0.2, 0.25) is 5.09 Å². The van der Waals surface area contributed by atoms with Crippen LogP contribution in [0.5, 0.6) is 0 Å². The SMILES string of the molecule is COC(=O)C(O)CNC(=O)c1ccc(S(=O)(=O)N(C)C)o1. The Kier molecular flexibility index (Phi) is 5.47. The van der Waals surface area contributed by atoms with Crippen molar-refractivity contribution < 1.29 is 32.3 Å². The van der Waals surface area contributed by atoms with E-state index in [0.29, 0.717) is 0 Å². The lowest BCUT2D eigenvalue weighted by atomic mass is 10.3. The van der Waals surface area contributed by atoms with E-state index in [4.69, 9.17) is 4.42 Å². The molecule has 21 heavy (non-hydrogen) atoms. The van der Waals surface area contributed by atoms with Crippen LogP contribution in [0, 0.1) is 0 Å². The van der Waals surface area contributed by atoms with E-state index >= 15 is 0 Å². The Morgan fingerprint density at radius 2 is 2.05 bits per heavy atom. The van der Waals surface area contributed by atoms with Gasteiger partial charge in [0.1, 0.15) is 0 Å². The van der Waals surface area contributed by atoms with Crippen LogP contribution in [0.3, 0.4) is 0 Å². The standard InChI is InChI=1S/C11H16N2O7S/c1-13(2)21(17,18)9-5-4-8(20-9)10(15)12-6-7(14)11(16)19-3/h4-5,7,14H,6H2,1-3H3,(H,12,15). The van der Waals surface area contributed by atoms with Crippen LogP contribution >= 0.6 is 0 Å². The Balaban J connectivity index is 2.74. The second kappa shape index (κ2) is 6.70. The molecule has 1 rings (SSSR count). The highest BCUT2D eigenvalue weighted by molar-refractivity contribution is 7.88. The number of aliphatic hydroxyl groups is 1. The minimum atomic E-state index is -3.78. The Morgan fingerprint density at radius 3 is 2.57 bits per heavy atom. The number of nitrogens with zero attached hydrogens (tertiary/aromatic N) is 1. The van der Waals surface area contributed by atoms with Gasteiger partial charge >= 0.3 is 5.97 Å². The topological polar surface area (TPSA) is 126 Å². The zero-order chi connectivity index (χ0) is 16.2. The number of methoxy groups -OCH3 is 1. The van der Waals surface area contributed by atoms with Gasteiger partial charge < -0.3 is 19.6 Å². The van der Waals surface area contributed by atoms with Crippen LogP contribution in [0.15, 0.2) is 21.6 Å². The maximum Gasteiger partial charge on any atom is 0.336 e. The van der Waals surface area contributed by atoms with Crippen molar-refractivity contribution in [2.45, 2.75) is 11.2 Å². The highest BCUT2D eigenvalue weighted by Gasteiger charge is 2.24. The van der Waals surface area contributed by atoms with Crippen LogP contribution < -0.4 is 5.32 Å². The zero-order valence-corrected chi connectivity index (χ0v) is 12.5. The Hall–Kier alpha value is -1.91. The van der Waals surface area contributed by atoms with Crippen LogP contribution in [0.25, 0.3) is 0 Å². The molecule has 0 bridgehead atoms. The van der Waals surface area contributed by atoms with Gasteiger partial charge in [0.05, 0.1) is 13.7 Å². The van der Waals surface area contributed by atoms with Gasteiger partial charge in [-0.3, -0.25) is 4.79 Å². The number of carbonyl (C=O) groups excluding carboxylic acids is 2. The number of nitrogens with one attached hydrogen (secondary N) is 1. The van der Waals surface area contributed by atoms with E-state index in [0.717, 1.165) is 17.5 Å². The maximum atomic E-state index is 11.8. The minimum Gasteiger partial charge on any atom is -0.467 e. The summed E-state index contributed by atoms with van der Waals surface area (Å²) in [6, 6.07) is 2.32. The van der Waals surface area contributed by atoms with Crippen molar-refractivity contribution in [3.05, 3.63) is 17.9 Å². The van der Waals surface area contributed by atoms with Gasteiger partial charge in [-0.1, -0.05) is 0 Å². The third-order valence-corrected chi connectivity index (χ3v) is 4.16. The summed E-state index contributed by atoms with van der Waals surface area (Å²) in [5.41, 5.74) is 0. The second-order valence-electron chi connectivity index (χ2n) is 4.16. The molecule has 118 valence electrons. The normalized spacial score (nSPS) is 13.0. The third kappa shape index (κ3) is 4.03. The van der Waals surface area contributed by atoms with E-state index in [1.807, 2.05) is 0 Å². The molecule has 0 aromatic carbocycles. The number of esters is 1. The van der Waals surface area contributed by atoms with Crippen molar-refractivity contribution in [3.63, 3.8) is 0 Å². The molecule has 1 unspecified atom stereocenters. The summed E-state index contributed by atoms with van der Waals surface area (Å²) in [5, 5.41) is 11.1. The summed E-state index contributed by atoms with van der Waals surface area (Å²) < 4.78 is 33.7. The molecular weight excluding hydrogens is 304 g/mol. The number of hydrogen-bond acceptors (Lipinski definition) is 7. The van der Waals surface area contributed by atoms with Gasteiger partial charge in [0.25, 0.3) is 15.9 Å². The quantitative estimate of drug-likeness (QED) is 0.630. The molecule has 0 aliphatic rings. The average Bonchev–Trinajstić information content (AvgIpc) is 2.93. The first-order valence-corrected chi connectivity index (χ1v) is 7.20. The highest BCUT2D eigenvalue weighted by atomic mass is 32.2. The lowest BCUT2D eigenvalue weighted by Gasteiger charge is -2.09. The number of rotatable bonds is 6. The Labute approximate surface area is 121 Å². The van der Waals surface area contributed by atoms with E-state index in [9.17, 15) is 23.1 Å². The molecule has 0 saturated heterocycles. The van der Waals surface area contributed by atoms with Crippen molar-refractivity contribution >= 4 is 21.9 Å². The predicted octanol–water partition coefficient (Wildman–Crippen LogP) is -1.21. The predicted molar refractivity (Wildman–Crippen MR) is 69.9 cm³/mol. The van der Waals surface area contributed by atoms with Crippen LogP contribution in [0.2, 0.25) is 0 Å². The van der Waals surface area contributed by atoms with Gasteiger partial charge in [-0.25, -0.2) is 17.5 Å². The molecule has 0 aliphatic carbocycles. The number of sulfonamides is 1. The van der Waals surface area contributed by atoms with Crippen LogP contribution in [-0.4, -0.2) is 63.6 Å².